The van der Waals surface area contributed by atoms with Crippen LogP contribution in [0.15, 0.2) is 30.3 Å². The van der Waals surface area contributed by atoms with Gasteiger partial charge in [0.25, 0.3) is 0 Å². The standard InChI is InChI=1S/C33H31ClF2N6O2/c1-2-23-26(36)7-4-18-10-22(43)11-24(28(18)23)25-12-27-29(39-30(25)34)31(41-15-20-5-6-21(16-41)37-20)40-32(38-27)44-17-33-8-3-9-42(33)14-19(35)13-33/h1,4,7,10-12,19-21,37,43H,3,5-6,8-9,13-17H2/t19-,20?,21?,33?/m1/s1. The lowest BCUT2D eigenvalue weighted by atomic mass is 9.94. The van der Waals surface area contributed by atoms with Gasteiger partial charge in [0.15, 0.2) is 5.82 Å². The lowest BCUT2D eigenvalue weighted by Crippen LogP contribution is -2.51. The summed E-state index contributed by atoms with van der Waals surface area (Å²) >= 11 is 6.87. The zero-order valence-electron chi connectivity index (χ0n) is 24.0. The molecule has 2 aromatic heterocycles. The number of aromatic hydroxyl groups is 1. The van der Waals surface area contributed by atoms with E-state index in [2.05, 4.69) is 21.0 Å². The maximum Gasteiger partial charge on any atom is 0.319 e. The van der Waals surface area contributed by atoms with Crippen LogP contribution in [-0.2, 0) is 0 Å². The highest BCUT2D eigenvalue weighted by molar-refractivity contribution is 6.33. The van der Waals surface area contributed by atoms with Gasteiger partial charge in [0.1, 0.15) is 35.0 Å². The van der Waals surface area contributed by atoms with Gasteiger partial charge >= 0.3 is 6.01 Å². The summed E-state index contributed by atoms with van der Waals surface area (Å²) in [4.78, 5) is 18.9. The Kier molecular flexibility index (Phi) is 6.56. The van der Waals surface area contributed by atoms with Crippen LogP contribution in [0.25, 0.3) is 32.9 Å². The fourth-order valence-electron chi connectivity index (χ4n) is 7.87. The first kappa shape index (κ1) is 27.7. The van der Waals surface area contributed by atoms with Crippen LogP contribution in [0.5, 0.6) is 11.8 Å². The minimum absolute atomic E-state index is 0.0231. The number of benzene rings is 2. The molecule has 0 spiro atoms. The van der Waals surface area contributed by atoms with E-state index in [4.69, 9.17) is 37.7 Å². The fraction of sp³-hybridized carbons (Fsp3) is 0.424. The largest absolute Gasteiger partial charge is 0.508 e. The van der Waals surface area contributed by atoms with E-state index in [-0.39, 0.29) is 28.0 Å². The average molecular weight is 617 g/mol. The van der Waals surface area contributed by atoms with E-state index < -0.39 is 12.0 Å². The summed E-state index contributed by atoms with van der Waals surface area (Å²) in [6.07, 6.45) is 9.36. The molecule has 0 aliphatic carbocycles. The Morgan fingerprint density at radius 2 is 1.93 bits per heavy atom. The summed E-state index contributed by atoms with van der Waals surface area (Å²) in [7, 11) is 0. The molecular weight excluding hydrogens is 586 g/mol. The Hall–Kier alpha value is -3.78. The SMILES string of the molecule is C#Cc1c(F)ccc2cc(O)cc(-c3cc4nc(OCC56CCCN5C[C@H](F)C6)nc(N5CC6CCC(C5)N6)c4nc3Cl)c12. The Balaban J connectivity index is 1.27. The van der Waals surface area contributed by atoms with Crippen LogP contribution in [-0.4, -0.2) is 81.5 Å². The smallest absolute Gasteiger partial charge is 0.319 e. The fourth-order valence-corrected chi connectivity index (χ4v) is 8.11. The average Bonchev–Trinajstić information content (AvgIpc) is 3.65. The number of piperazine rings is 1. The van der Waals surface area contributed by atoms with Crippen molar-refractivity contribution in [3.63, 3.8) is 0 Å². The normalized spacial score (nSPS) is 26.4. The minimum atomic E-state index is -0.868. The topological polar surface area (TPSA) is 86.6 Å². The maximum absolute atomic E-state index is 14.9. The molecule has 2 aromatic carbocycles. The van der Waals surface area contributed by atoms with Crippen molar-refractivity contribution in [3.05, 3.63) is 46.9 Å². The number of ether oxygens (including phenoxy) is 1. The number of halogens is 3. The summed E-state index contributed by atoms with van der Waals surface area (Å²) in [5, 5.41) is 15.4. The number of anilines is 1. The maximum atomic E-state index is 14.9. The van der Waals surface area contributed by atoms with Crippen molar-refractivity contribution < 1.29 is 18.6 Å². The molecule has 8 rings (SSSR count). The van der Waals surface area contributed by atoms with Crippen molar-refractivity contribution in [3.8, 4) is 35.2 Å². The Labute approximate surface area is 258 Å². The number of rotatable bonds is 5. The van der Waals surface area contributed by atoms with Crippen molar-refractivity contribution >= 4 is 39.2 Å². The number of aromatic nitrogens is 3. The molecule has 0 saturated carbocycles. The summed E-state index contributed by atoms with van der Waals surface area (Å²) in [6, 6.07) is 8.54. The van der Waals surface area contributed by atoms with E-state index >= 15 is 0 Å². The molecular formula is C33H31ClF2N6O2. The molecule has 11 heteroatoms. The molecule has 4 aliphatic rings. The molecule has 6 heterocycles. The number of hydrogen-bond acceptors (Lipinski definition) is 8. The Morgan fingerprint density at radius 1 is 1.11 bits per heavy atom. The number of fused-ring (bicyclic) bond motifs is 5. The van der Waals surface area contributed by atoms with Gasteiger partial charge in [0.2, 0.25) is 0 Å². The third-order valence-electron chi connectivity index (χ3n) is 9.82. The van der Waals surface area contributed by atoms with E-state index in [1.165, 1.54) is 18.2 Å². The molecule has 2 N–H and O–H groups in total. The van der Waals surface area contributed by atoms with E-state index in [1.54, 1.807) is 12.1 Å². The van der Waals surface area contributed by atoms with Gasteiger partial charge in [-0.15, -0.1) is 6.42 Å². The highest BCUT2D eigenvalue weighted by atomic mass is 35.5. The molecule has 0 amide bonds. The molecule has 4 atom stereocenters. The van der Waals surface area contributed by atoms with Crippen LogP contribution in [0.1, 0.15) is 37.7 Å². The zero-order valence-corrected chi connectivity index (χ0v) is 24.7. The van der Waals surface area contributed by atoms with Crippen molar-refractivity contribution in [1.29, 1.82) is 0 Å². The first-order chi connectivity index (χ1) is 21.3. The van der Waals surface area contributed by atoms with Crippen LogP contribution in [0, 0.1) is 18.2 Å². The van der Waals surface area contributed by atoms with Crippen molar-refractivity contribution in [1.82, 2.24) is 25.2 Å². The lowest BCUT2D eigenvalue weighted by molar-refractivity contribution is 0.107. The number of phenols is 1. The van der Waals surface area contributed by atoms with E-state index in [9.17, 15) is 13.9 Å². The van der Waals surface area contributed by atoms with E-state index in [0.29, 0.717) is 70.4 Å². The van der Waals surface area contributed by atoms with Gasteiger partial charge < -0.3 is 20.1 Å². The molecule has 4 aromatic rings. The molecule has 226 valence electrons. The third kappa shape index (κ3) is 4.52. The van der Waals surface area contributed by atoms with E-state index in [1.807, 2.05) is 0 Å². The summed E-state index contributed by atoms with van der Waals surface area (Å²) < 4.78 is 35.6. The molecule has 2 bridgehead atoms. The van der Waals surface area contributed by atoms with Crippen LogP contribution < -0.4 is 15.0 Å². The van der Waals surface area contributed by atoms with Gasteiger partial charge in [-0.1, -0.05) is 23.6 Å². The first-order valence-corrected chi connectivity index (χ1v) is 15.5. The first-order valence-electron chi connectivity index (χ1n) is 15.1. The van der Waals surface area contributed by atoms with Crippen molar-refractivity contribution in [2.45, 2.75) is 55.9 Å². The van der Waals surface area contributed by atoms with Gasteiger partial charge in [0, 0.05) is 49.1 Å². The second kappa shape index (κ2) is 10.4. The number of phenolic OH excluding ortho intramolecular Hbond substituents is 1. The van der Waals surface area contributed by atoms with Gasteiger partial charge in [-0.3, -0.25) is 4.90 Å². The highest BCUT2D eigenvalue weighted by Gasteiger charge is 2.49. The molecule has 3 unspecified atom stereocenters. The second-order valence-electron chi connectivity index (χ2n) is 12.6. The Bertz CT molecular complexity index is 1850. The minimum Gasteiger partial charge on any atom is -0.508 e. The van der Waals surface area contributed by atoms with Gasteiger partial charge in [-0.25, -0.2) is 13.8 Å². The summed E-state index contributed by atoms with van der Waals surface area (Å²) in [5.41, 5.74) is 1.60. The van der Waals surface area contributed by atoms with Crippen LogP contribution in [0.2, 0.25) is 5.15 Å². The molecule has 4 saturated heterocycles. The number of nitrogens with zero attached hydrogens (tertiary/aromatic N) is 5. The molecule has 44 heavy (non-hydrogen) atoms. The van der Waals surface area contributed by atoms with Crippen LogP contribution in [0.3, 0.4) is 0 Å². The van der Waals surface area contributed by atoms with Crippen LogP contribution >= 0.6 is 11.6 Å². The molecule has 0 radical (unpaired) electrons. The molecule has 4 aliphatic heterocycles. The quantitative estimate of drug-likeness (QED) is 0.233. The highest BCUT2D eigenvalue weighted by Crippen LogP contribution is 2.42. The number of pyridine rings is 1. The predicted molar refractivity (Wildman–Crippen MR) is 166 cm³/mol. The van der Waals surface area contributed by atoms with Gasteiger partial charge in [-0.2, -0.15) is 9.97 Å². The zero-order chi connectivity index (χ0) is 30.2. The van der Waals surface area contributed by atoms with E-state index in [0.717, 1.165) is 45.3 Å². The van der Waals surface area contributed by atoms with Gasteiger partial charge in [-0.05, 0) is 67.4 Å². The monoisotopic (exact) mass is 616 g/mol. The van der Waals surface area contributed by atoms with Crippen LogP contribution in [0.4, 0.5) is 14.6 Å². The lowest BCUT2D eigenvalue weighted by Gasteiger charge is -2.34. The molecule has 4 fully saturated rings. The van der Waals surface area contributed by atoms with Gasteiger partial charge in [0.05, 0.1) is 16.6 Å². The van der Waals surface area contributed by atoms with Crippen molar-refractivity contribution in [2.24, 2.45) is 0 Å². The second-order valence-corrected chi connectivity index (χ2v) is 12.9. The third-order valence-corrected chi connectivity index (χ3v) is 10.1. The number of terminal acetylenes is 1. The number of nitrogens with one attached hydrogen (secondary N) is 1. The summed E-state index contributed by atoms with van der Waals surface area (Å²) in [6.45, 7) is 3.10. The number of alkyl halides is 1. The Morgan fingerprint density at radius 3 is 2.73 bits per heavy atom. The number of hydrogen-bond donors (Lipinski definition) is 2. The van der Waals surface area contributed by atoms with Crippen molar-refractivity contribution in [2.75, 3.05) is 37.7 Å². The summed E-state index contributed by atoms with van der Waals surface area (Å²) in [5.74, 6) is 2.51. The predicted octanol–water partition coefficient (Wildman–Crippen LogP) is 5.22. The molecule has 8 nitrogen and oxygen atoms in total.